The van der Waals surface area contributed by atoms with Crippen LogP contribution in [0.1, 0.15) is 16.7 Å². The van der Waals surface area contributed by atoms with Crippen LogP contribution in [0, 0.1) is 3.57 Å². The number of benzene rings is 3. The fourth-order valence-corrected chi connectivity index (χ4v) is 4.86. The van der Waals surface area contributed by atoms with E-state index in [4.69, 9.17) is 16.3 Å². The monoisotopic (exact) mass is 639 g/mol. The van der Waals surface area contributed by atoms with Crippen LogP contribution in [-0.2, 0) is 17.9 Å². The molecule has 0 aliphatic carbocycles. The first kappa shape index (κ1) is 23.4. The van der Waals surface area contributed by atoms with Gasteiger partial charge in [0, 0.05) is 8.59 Å². The third kappa shape index (κ3) is 5.75. The van der Waals surface area contributed by atoms with Gasteiger partial charge in [0.1, 0.15) is 12.4 Å². The zero-order valence-electron chi connectivity index (χ0n) is 16.6. The number of hydrogen-bond acceptors (Lipinski definition) is 4. The van der Waals surface area contributed by atoms with Crippen molar-refractivity contribution < 1.29 is 14.3 Å². The number of imide groups is 1. The van der Waals surface area contributed by atoms with Crippen molar-refractivity contribution in [2.75, 3.05) is 0 Å². The van der Waals surface area contributed by atoms with E-state index in [-0.39, 0.29) is 17.7 Å². The molecule has 3 aromatic rings. The summed E-state index contributed by atoms with van der Waals surface area (Å²) in [6.45, 7) is 0.673. The van der Waals surface area contributed by atoms with Crippen molar-refractivity contribution in [2.24, 2.45) is 0 Å². The Morgan fingerprint density at radius 1 is 1.00 bits per heavy atom. The van der Waals surface area contributed by atoms with Gasteiger partial charge in [-0.25, -0.2) is 0 Å². The molecule has 0 aromatic heterocycles. The highest BCUT2D eigenvalue weighted by Crippen LogP contribution is 2.35. The molecular formula is C24H16BrClINO3S. The van der Waals surface area contributed by atoms with E-state index in [1.807, 2.05) is 66.7 Å². The number of rotatable bonds is 6. The van der Waals surface area contributed by atoms with E-state index in [0.29, 0.717) is 22.3 Å². The lowest BCUT2D eigenvalue weighted by atomic mass is 10.2. The van der Waals surface area contributed by atoms with E-state index >= 15 is 0 Å². The first-order valence-corrected chi connectivity index (χ1v) is 12.6. The molecule has 1 aliphatic heterocycles. The lowest BCUT2D eigenvalue weighted by Crippen LogP contribution is -2.27. The van der Waals surface area contributed by atoms with Crippen molar-refractivity contribution in [3.05, 3.63) is 101 Å². The molecule has 4 rings (SSSR count). The molecule has 0 radical (unpaired) electrons. The Labute approximate surface area is 217 Å². The number of halogens is 3. The summed E-state index contributed by atoms with van der Waals surface area (Å²) in [7, 11) is 0. The summed E-state index contributed by atoms with van der Waals surface area (Å²) in [6, 6.07) is 20.8. The van der Waals surface area contributed by atoms with Gasteiger partial charge in [-0.05, 0) is 109 Å². The van der Waals surface area contributed by atoms with Crippen molar-refractivity contribution in [3.8, 4) is 5.75 Å². The topological polar surface area (TPSA) is 46.6 Å². The molecule has 32 heavy (non-hydrogen) atoms. The lowest BCUT2D eigenvalue weighted by molar-refractivity contribution is -0.123. The van der Waals surface area contributed by atoms with Crippen LogP contribution < -0.4 is 4.74 Å². The Balaban J connectivity index is 1.44. The molecule has 0 atom stereocenters. The van der Waals surface area contributed by atoms with Gasteiger partial charge in [-0.15, -0.1) is 0 Å². The predicted molar refractivity (Wildman–Crippen MR) is 141 cm³/mol. The van der Waals surface area contributed by atoms with E-state index in [2.05, 4.69) is 38.5 Å². The first-order valence-electron chi connectivity index (χ1n) is 9.55. The number of hydrogen-bond donors (Lipinski definition) is 0. The minimum atomic E-state index is -0.280. The average Bonchev–Trinajstić information content (AvgIpc) is 3.03. The summed E-state index contributed by atoms with van der Waals surface area (Å²) in [4.78, 5) is 26.9. The summed E-state index contributed by atoms with van der Waals surface area (Å²) < 4.78 is 7.74. The largest absolute Gasteiger partial charge is 0.488 e. The molecule has 8 heteroatoms. The van der Waals surface area contributed by atoms with Gasteiger partial charge in [0.2, 0.25) is 0 Å². The smallest absolute Gasteiger partial charge is 0.293 e. The number of thioether (sulfide) groups is 1. The molecule has 3 aromatic carbocycles. The molecule has 0 bridgehead atoms. The van der Waals surface area contributed by atoms with E-state index < -0.39 is 0 Å². The van der Waals surface area contributed by atoms with Crippen LogP contribution in [0.3, 0.4) is 0 Å². The second-order valence-corrected chi connectivity index (χ2v) is 10.5. The molecule has 1 fully saturated rings. The summed E-state index contributed by atoms with van der Waals surface area (Å²) in [5.74, 6) is 0.404. The zero-order valence-corrected chi connectivity index (χ0v) is 21.9. The van der Waals surface area contributed by atoms with E-state index in [9.17, 15) is 9.59 Å². The Hall–Kier alpha value is -1.81. The van der Waals surface area contributed by atoms with Crippen LogP contribution in [0.5, 0.6) is 5.75 Å². The van der Waals surface area contributed by atoms with Gasteiger partial charge in [0.25, 0.3) is 11.1 Å². The first-order chi connectivity index (χ1) is 15.4. The van der Waals surface area contributed by atoms with Gasteiger partial charge in [-0.2, -0.15) is 0 Å². The molecule has 1 saturated heterocycles. The molecule has 4 nitrogen and oxygen atoms in total. The molecule has 0 N–H and O–H groups in total. The molecule has 1 aliphatic rings. The van der Waals surface area contributed by atoms with Gasteiger partial charge in [-0.1, -0.05) is 41.9 Å². The number of carbonyl (C=O) groups is 2. The number of ether oxygens (including phenoxy) is 1. The SMILES string of the molecule is O=C1S/C(=C\c2ccc(OCc3ccc(Cl)cc3)c(Br)c2)C(=O)N1Cc1ccc(I)cc1. The average molecular weight is 641 g/mol. The van der Waals surface area contributed by atoms with Crippen LogP contribution in [0.4, 0.5) is 4.79 Å². The Kier molecular flexibility index (Phi) is 7.60. The van der Waals surface area contributed by atoms with Crippen molar-refractivity contribution in [1.82, 2.24) is 4.90 Å². The maximum Gasteiger partial charge on any atom is 0.293 e. The highest BCUT2D eigenvalue weighted by Gasteiger charge is 2.35. The van der Waals surface area contributed by atoms with Crippen molar-refractivity contribution >= 4 is 79.1 Å². The van der Waals surface area contributed by atoms with Crippen LogP contribution in [0.25, 0.3) is 6.08 Å². The number of amides is 2. The lowest BCUT2D eigenvalue weighted by Gasteiger charge is -2.12. The fraction of sp³-hybridized carbons (Fsp3) is 0.0833. The summed E-state index contributed by atoms with van der Waals surface area (Å²) in [6.07, 6.45) is 1.73. The quantitative estimate of drug-likeness (QED) is 0.207. The minimum absolute atomic E-state index is 0.262. The van der Waals surface area contributed by atoms with Crippen LogP contribution in [0.2, 0.25) is 5.02 Å². The fourth-order valence-electron chi connectivity index (χ4n) is 3.03. The van der Waals surface area contributed by atoms with Crippen LogP contribution in [-0.4, -0.2) is 16.0 Å². The van der Waals surface area contributed by atoms with Gasteiger partial charge < -0.3 is 4.74 Å². The molecule has 0 unspecified atom stereocenters. The maximum absolute atomic E-state index is 12.8. The van der Waals surface area contributed by atoms with Crippen LogP contribution >= 0.6 is 61.9 Å². The van der Waals surface area contributed by atoms with Gasteiger partial charge in [0.05, 0.1) is 15.9 Å². The second-order valence-electron chi connectivity index (χ2n) is 7.00. The minimum Gasteiger partial charge on any atom is -0.488 e. The van der Waals surface area contributed by atoms with E-state index in [1.54, 1.807) is 6.08 Å². The summed E-state index contributed by atoms with van der Waals surface area (Å²) >= 11 is 12.6. The van der Waals surface area contributed by atoms with Gasteiger partial charge >= 0.3 is 0 Å². The Morgan fingerprint density at radius 3 is 2.38 bits per heavy atom. The van der Waals surface area contributed by atoms with Gasteiger partial charge in [0.15, 0.2) is 0 Å². The Bertz CT molecular complexity index is 1200. The molecule has 0 spiro atoms. The highest BCUT2D eigenvalue weighted by atomic mass is 127. The van der Waals surface area contributed by atoms with E-state index in [1.165, 1.54) is 4.90 Å². The molecule has 1 heterocycles. The number of nitrogens with zero attached hydrogens (tertiary/aromatic N) is 1. The molecular weight excluding hydrogens is 625 g/mol. The maximum atomic E-state index is 12.8. The van der Waals surface area contributed by atoms with E-state index in [0.717, 1.165) is 36.5 Å². The third-order valence-corrected chi connectivity index (χ3v) is 7.19. The third-order valence-electron chi connectivity index (χ3n) is 4.69. The number of carbonyl (C=O) groups excluding carboxylic acids is 2. The molecule has 2 amide bonds. The summed E-state index contributed by atoms with van der Waals surface area (Å²) in [5.41, 5.74) is 2.72. The second kappa shape index (κ2) is 10.4. The summed E-state index contributed by atoms with van der Waals surface area (Å²) in [5, 5.41) is 0.420. The molecule has 162 valence electrons. The molecule has 0 saturated carbocycles. The van der Waals surface area contributed by atoms with Crippen molar-refractivity contribution in [2.45, 2.75) is 13.2 Å². The van der Waals surface area contributed by atoms with Crippen molar-refractivity contribution in [1.29, 1.82) is 0 Å². The van der Waals surface area contributed by atoms with Crippen LogP contribution in [0.15, 0.2) is 76.1 Å². The van der Waals surface area contributed by atoms with Gasteiger partial charge in [-0.3, -0.25) is 14.5 Å². The standard InChI is InChI=1S/C24H16BrClINO3S/c25-20-11-17(5-10-21(20)31-14-16-1-6-18(26)7-2-16)12-22-23(29)28(24(30)32-22)13-15-3-8-19(27)9-4-15/h1-12H,13-14H2/b22-12-. The predicted octanol–water partition coefficient (Wildman–Crippen LogP) is 7.52. The highest BCUT2D eigenvalue weighted by molar-refractivity contribution is 14.1. The Morgan fingerprint density at radius 2 is 1.69 bits per heavy atom. The zero-order chi connectivity index (χ0) is 22.7. The normalized spacial score (nSPS) is 15.0. The van der Waals surface area contributed by atoms with Crippen molar-refractivity contribution in [3.63, 3.8) is 0 Å².